The topological polar surface area (TPSA) is 69.8 Å². The van der Waals surface area contributed by atoms with Gasteiger partial charge in [-0.15, -0.1) is 0 Å². The maximum Gasteiger partial charge on any atom is 0.323 e. The van der Waals surface area contributed by atoms with Crippen LogP contribution in [-0.2, 0) is 4.79 Å². The molecule has 0 aromatic rings. The second kappa shape index (κ2) is 5.80. The third kappa shape index (κ3) is 3.94. The maximum absolute atomic E-state index is 11.2. The van der Waals surface area contributed by atoms with E-state index in [1.54, 1.807) is 0 Å². The summed E-state index contributed by atoms with van der Waals surface area (Å²) < 4.78 is 0. The number of rotatable bonds is 5. The van der Waals surface area contributed by atoms with E-state index >= 15 is 0 Å². The van der Waals surface area contributed by atoms with E-state index in [1.807, 2.05) is 14.1 Å². The van der Waals surface area contributed by atoms with Crippen LogP contribution in [0.3, 0.4) is 0 Å². The third-order valence-electron chi connectivity index (χ3n) is 3.71. The van der Waals surface area contributed by atoms with Gasteiger partial charge < -0.3 is 20.6 Å². The summed E-state index contributed by atoms with van der Waals surface area (Å²) in [6.07, 6.45) is 3.11. The number of hydrogen-bond donors (Lipinski definition) is 2. The van der Waals surface area contributed by atoms with E-state index in [0.29, 0.717) is 18.9 Å². The van der Waals surface area contributed by atoms with Crippen molar-refractivity contribution in [3.63, 3.8) is 0 Å². The van der Waals surface area contributed by atoms with Gasteiger partial charge in [-0.1, -0.05) is 0 Å². The van der Waals surface area contributed by atoms with Crippen LogP contribution in [0.15, 0.2) is 0 Å². The van der Waals surface area contributed by atoms with Crippen LogP contribution in [0.5, 0.6) is 0 Å². The lowest BCUT2D eigenvalue weighted by molar-refractivity contribution is -0.145. The molecule has 0 heterocycles. The van der Waals surface area contributed by atoms with Crippen LogP contribution >= 0.6 is 0 Å². The minimum atomic E-state index is -1.02. The Labute approximate surface area is 104 Å². The zero-order valence-corrected chi connectivity index (χ0v) is 11.1. The number of carbonyl (C=O) groups is 1. The summed E-state index contributed by atoms with van der Waals surface area (Å²) in [4.78, 5) is 15.5. The van der Waals surface area contributed by atoms with Gasteiger partial charge >= 0.3 is 5.97 Å². The average molecular weight is 243 g/mol. The van der Waals surface area contributed by atoms with Crippen molar-refractivity contribution in [2.24, 2.45) is 5.73 Å². The highest BCUT2D eigenvalue weighted by Crippen LogP contribution is 2.29. The number of hydrogen-bond acceptors (Lipinski definition) is 4. The average Bonchev–Trinajstić information content (AvgIpc) is 2.25. The maximum atomic E-state index is 11.2. The first kappa shape index (κ1) is 14.4. The molecule has 100 valence electrons. The molecule has 1 fully saturated rings. The minimum absolute atomic E-state index is 0.296. The van der Waals surface area contributed by atoms with E-state index < -0.39 is 11.5 Å². The lowest BCUT2D eigenvalue weighted by atomic mass is 9.79. The molecule has 1 rings (SSSR count). The number of nitrogens with zero attached hydrogens (tertiary/aromatic N) is 2. The van der Waals surface area contributed by atoms with Gasteiger partial charge in [0, 0.05) is 19.1 Å². The monoisotopic (exact) mass is 243 g/mol. The summed E-state index contributed by atoms with van der Waals surface area (Å²) in [6.45, 7) is 1.94. The molecule has 0 aromatic carbocycles. The van der Waals surface area contributed by atoms with Crippen LogP contribution in [-0.4, -0.2) is 66.7 Å². The molecule has 3 N–H and O–H groups in total. The quantitative estimate of drug-likeness (QED) is 0.722. The molecule has 2 atom stereocenters. The number of carboxylic acids is 1. The van der Waals surface area contributed by atoms with E-state index in [4.69, 9.17) is 10.8 Å². The standard InChI is InChI=1S/C12H25N3O2/c1-14(2)7-8-15(3)10-5-4-6-12(13,9-10)11(16)17/h10H,4-9,13H2,1-3H3,(H,16,17). The predicted octanol–water partition coefficient (Wildman–Crippen LogP) is 0.205. The second-order valence-electron chi connectivity index (χ2n) is 5.50. The Morgan fingerprint density at radius 3 is 2.59 bits per heavy atom. The SMILES string of the molecule is CN(C)CCN(C)C1CCCC(N)(C(=O)O)C1. The Bertz CT molecular complexity index is 270. The molecule has 0 spiro atoms. The highest BCUT2D eigenvalue weighted by molar-refractivity contribution is 5.78. The highest BCUT2D eigenvalue weighted by atomic mass is 16.4. The van der Waals surface area contributed by atoms with Gasteiger partial charge in [-0.05, 0) is 46.8 Å². The molecule has 0 amide bonds. The Balaban J connectivity index is 2.51. The van der Waals surface area contributed by atoms with Gasteiger partial charge in [-0.3, -0.25) is 4.79 Å². The predicted molar refractivity (Wildman–Crippen MR) is 68.0 cm³/mol. The van der Waals surface area contributed by atoms with Crippen molar-refractivity contribution in [3.8, 4) is 0 Å². The molecule has 17 heavy (non-hydrogen) atoms. The largest absolute Gasteiger partial charge is 0.480 e. The van der Waals surface area contributed by atoms with E-state index in [0.717, 1.165) is 25.9 Å². The summed E-state index contributed by atoms with van der Waals surface area (Å²) >= 11 is 0. The number of likely N-dealkylation sites (N-methyl/N-ethyl adjacent to an activating group) is 2. The normalized spacial score (nSPS) is 29.9. The van der Waals surface area contributed by atoms with Gasteiger partial charge in [0.1, 0.15) is 5.54 Å². The molecule has 5 nitrogen and oxygen atoms in total. The molecule has 2 unspecified atom stereocenters. The van der Waals surface area contributed by atoms with Crippen LogP contribution in [0.2, 0.25) is 0 Å². The smallest absolute Gasteiger partial charge is 0.323 e. The number of carboxylic acid groups (broad SMARTS) is 1. The van der Waals surface area contributed by atoms with Crippen molar-refractivity contribution in [1.82, 2.24) is 9.80 Å². The van der Waals surface area contributed by atoms with E-state index in [1.165, 1.54) is 0 Å². The summed E-state index contributed by atoms with van der Waals surface area (Å²) in [7, 11) is 6.14. The molecule has 0 aromatic heterocycles. The Morgan fingerprint density at radius 2 is 2.06 bits per heavy atom. The molecule has 1 aliphatic carbocycles. The lowest BCUT2D eigenvalue weighted by Gasteiger charge is -2.39. The molecular formula is C12H25N3O2. The van der Waals surface area contributed by atoms with Gasteiger partial charge in [-0.25, -0.2) is 0 Å². The fraction of sp³-hybridized carbons (Fsp3) is 0.917. The number of nitrogens with two attached hydrogens (primary N) is 1. The molecular weight excluding hydrogens is 218 g/mol. The second-order valence-corrected chi connectivity index (χ2v) is 5.50. The van der Waals surface area contributed by atoms with Crippen molar-refractivity contribution in [2.45, 2.75) is 37.3 Å². The summed E-state index contributed by atoms with van der Waals surface area (Å²) in [6, 6.07) is 0.296. The van der Waals surface area contributed by atoms with Crippen molar-refractivity contribution in [3.05, 3.63) is 0 Å². The fourth-order valence-electron chi connectivity index (χ4n) is 2.39. The number of aliphatic carboxylic acids is 1. The zero-order valence-electron chi connectivity index (χ0n) is 11.1. The van der Waals surface area contributed by atoms with Crippen LogP contribution in [0.1, 0.15) is 25.7 Å². The van der Waals surface area contributed by atoms with Crippen LogP contribution in [0.25, 0.3) is 0 Å². The van der Waals surface area contributed by atoms with Crippen LogP contribution in [0.4, 0.5) is 0 Å². The molecule has 0 saturated heterocycles. The first-order valence-electron chi connectivity index (χ1n) is 6.22. The van der Waals surface area contributed by atoms with Gasteiger partial charge in [0.15, 0.2) is 0 Å². The first-order chi connectivity index (χ1) is 7.85. The van der Waals surface area contributed by atoms with E-state index in [9.17, 15) is 4.79 Å². The molecule has 5 heteroatoms. The summed E-state index contributed by atoms with van der Waals surface area (Å²) in [5, 5.41) is 9.16. The van der Waals surface area contributed by atoms with Crippen LogP contribution < -0.4 is 5.73 Å². The van der Waals surface area contributed by atoms with Gasteiger partial charge in [0.2, 0.25) is 0 Å². The molecule has 0 aliphatic heterocycles. The third-order valence-corrected chi connectivity index (χ3v) is 3.71. The van der Waals surface area contributed by atoms with Crippen molar-refractivity contribution >= 4 is 5.97 Å². The molecule has 0 radical (unpaired) electrons. The highest BCUT2D eigenvalue weighted by Gasteiger charge is 2.40. The van der Waals surface area contributed by atoms with Crippen molar-refractivity contribution in [1.29, 1.82) is 0 Å². The molecule has 1 aliphatic rings. The Morgan fingerprint density at radius 1 is 1.41 bits per heavy atom. The van der Waals surface area contributed by atoms with Crippen molar-refractivity contribution in [2.75, 3.05) is 34.2 Å². The van der Waals surface area contributed by atoms with Crippen LogP contribution in [0, 0.1) is 0 Å². The Hall–Kier alpha value is -0.650. The molecule has 1 saturated carbocycles. The van der Waals surface area contributed by atoms with E-state index in [2.05, 4.69) is 16.8 Å². The van der Waals surface area contributed by atoms with Gasteiger partial charge in [0.25, 0.3) is 0 Å². The summed E-state index contributed by atoms with van der Waals surface area (Å²) in [5.41, 5.74) is 4.93. The lowest BCUT2D eigenvalue weighted by Crippen LogP contribution is -2.55. The summed E-state index contributed by atoms with van der Waals surface area (Å²) in [5.74, 6) is -0.858. The zero-order chi connectivity index (χ0) is 13.1. The molecule has 0 bridgehead atoms. The Kier molecular flexibility index (Phi) is 4.91. The van der Waals surface area contributed by atoms with E-state index in [-0.39, 0.29) is 0 Å². The fourth-order valence-corrected chi connectivity index (χ4v) is 2.39. The van der Waals surface area contributed by atoms with Crippen molar-refractivity contribution < 1.29 is 9.90 Å². The van der Waals surface area contributed by atoms with Gasteiger partial charge in [0.05, 0.1) is 0 Å². The first-order valence-corrected chi connectivity index (χ1v) is 6.22. The minimum Gasteiger partial charge on any atom is -0.480 e. The van der Waals surface area contributed by atoms with Gasteiger partial charge in [-0.2, -0.15) is 0 Å².